The van der Waals surface area contributed by atoms with Crippen LogP contribution in [0, 0.1) is 6.92 Å². The molecule has 0 aliphatic heterocycles. The second kappa shape index (κ2) is 5.27. The lowest BCUT2D eigenvalue weighted by Gasteiger charge is -2.34. The Hall–Kier alpha value is -1.84. The zero-order valence-electron chi connectivity index (χ0n) is 12.6. The highest BCUT2D eigenvalue weighted by atomic mass is 16.4. The molecule has 1 N–H and O–H groups in total. The molecule has 0 aliphatic rings. The maximum absolute atomic E-state index is 11.5. The number of imidazole rings is 1. The molecule has 0 fully saturated rings. The summed E-state index contributed by atoms with van der Waals surface area (Å²) >= 11 is 0. The SMILES string of the molecule is CCC(CC)(CC)n1c(C)nc2cccc(C(=O)O)c21. The van der Waals surface area contributed by atoms with Crippen LogP contribution in [0.5, 0.6) is 0 Å². The summed E-state index contributed by atoms with van der Waals surface area (Å²) in [6, 6.07) is 5.30. The maximum atomic E-state index is 11.5. The van der Waals surface area contributed by atoms with Gasteiger partial charge in [0.15, 0.2) is 0 Å². The Morgan fingerprint density at radius 1 is 1.25 bits per heavy atom. The fraction of sp³-hybridized carbons (Fsp3) is 0.500. The van der Waals surface area contributed by atoms with Crippen LogP contribution in [0.25, 0.3) is 11.0 Å². The molecule has 4 nitrogen and oxygen atoms in total. The topological polar surface area (TPSA) is 55.1 Å². The zero-order chi connectivity index (χ0) is 14.9. The Labute approximate surface area is 119 Å². The van der Waals surface area contributed by atoms with E-state index >= 15 is 0 Å². The Morgan fingerprint density at radius 3 is 2.35 bits per heavy atom. The van der Waals surface area contributed by atoms with Crippen molar-refractivity contribution in [1.82, 2.24) is 9.55 Å². The van der Waals surface area contributed by atoms with Crippen molar-refractivity contribution >= 4 is 17.0 Å². The van der Waals surface area contributed by atoms with Gasteiger partial charge in [-0.05, 0) is 38.3 Å². The van der Waals surface area contributed by atoms with Crippen LogP contribution < -0.4 is 0 Å². The third-order valence-corrected chi connectivity index (χ3v) is 4.52. The van der Waals surface area contributed by atoms with E-state index in [1.54, 1.807) is 12.1 Å². The average Bonchev–Trinajstić information content (AvgIpc) is 2.78. The number of aromatic nitrogens is 2. The zero-order valence-corrected chi connectivity index (χ0v) is 12.6. The number of aryl methyl sites for hydroxylation is 1. The van der Waals surface area contributed by atoms with Gasteiger partial charge in [-0.2, -0.15) is 0 Å². The van der Waals surface area contributed by atoms with Gasteiger partial charge < -0.3 is 9.67 Å². The molecular weight excluding hydrogens is 252 g/mol. The quantitative estimate of drug-likeness (QED) is 0.897. The first-order chi connectivity index (χ1) is 9.50. The fourth-order valence-electron chi connectivity index (χ4n) is 3.22. The summed E-state index contributed by atoms with van der Waals surface area (Å²) in [5.41, 5.74) is 1.79. The van der Waals surface area contributed by atoms with Gasteiger partial charge in [0, 0.05) is 5.54 Å². The highest BCUT2D eigenvalue weighted by molar-refractivity contribution is 6.01. The van der Waals surface area contributed by atoms with E-state index in [0.29, 0.717) is 5.56 Å². The van der Waals surface area contributed by atoms with Gasteiger partial charge in [0.25, 0.3) is 0 Å². The molecule has 2 aromatic rings. The summed E-state index contributed by atoms with van der Waals surface area (Å²) in [7, 11) is 0. The van der Waals surface area contributed by atoms with Crippen LogP contribution in [-0.4, -0.2) is 20.6 Å². The molecule has 0 aliphatic carbocycles. The molecule has 0 atom stereocenters. The number of benzene rings is 1. The lowest BCUT2D eigenvalue weighted by atomic mass is 9.88. The summed E-state index contributed by atoms with van der Waals surface area (Å²) in [4.78, 5) is 16.1. The average molecular weight is 274 g/mol. The van der Waals surface area contributed by atoms with E-state index in [4.69, 9.17) is 0 Å². The lowest BCUT2D eigenvalue weighted by Crippen LogP contribution is -2.32. The first-order valence-corrected chi connectivity index (χ1v) is 7.22. The summed E-state index contributed by atoms with van der Waals surface area (Å²) in [6.45, 7) is 8.42. The molecule has 1 aromatic carbocycles. The lowest BCUT2D eigenvalue weighted by molar-refractivity contribution is 0.0698. The van der Waals surface area contributed by atoms with Gasteiger partial charge in [0.05, 0.1) is 16.6 Å². The standard InChI is InChI=1S/C16H22N2O2/c1-5-16(6-2,7-3)18-11(4)17-13-10-8-9-12(14(13)18)15(19)20/h8-10H,5-7H2,1-4H3,(H,19,20). The van der Waals surface area contributed by atoms with Crippen LogP contribution in [0.2, 0.25) is 0 Å². The van der Waals surface area contributed by atoms with Gasteiger partial charge in [-0.1, -0.05) is 26.8 Å². The molecule has 4 heteroatoms. The van der Waals surface area contributed by atoms with E-state index in [1.807, 2.05) is 13.0 Å². The van der Waals surface area contributed by atoms with Crippen LogP contribution in [0.4, 0.5) is 0 Å². The van der Waals surface area contributed by atoms with Crippen molar-refractivity contribution in [2.24, 2.45) is 0 Å². The van der Waals surface area contributed by atoms with Crippen molar-refractivity contribution in [3.63, 3.8) is 0 Å². The molecule has 0 unspecified atom stereocenters. The van der Waals surface area contributed by atoms with Gasteiger partial charge in [-0.3, -0.25) is 0 Å². The second-order valence-electron chi connectivity index (χ2n) is 5.26. The van der Waals surface area contributed by atoms with Gasteiger partial charge in [-0.15, -0.1) is 0 Å². The van der Waals surface area contributed by atoms with Crippen LogP contribution in [0.3, 0.4) is 0 Å². The summed E-state index contributed by atoms with van der Waals surface area (Å²) in [5, 5.41) is 9.46. The van der Waals surface area contributed by atoms with Crippen molar-refractivity contribution in [2.45, 2.75) is 52.5 Å². The Balaban J connectivity index is 2.88. The molecule has 0 amide bonds. The van der Waals surface area contributed by atoms with Gasteiger partial charge in [0.1, 0.15) is 5.82 Å². The van der Waals surface area contributed by atoms with Gasteiger partial charge in [0.2, 0.25) is 0 Å². The second-order valence-corrected chi connectivity index (χ2v) is 5.26. The minimum atomic E-state index is -0.894. The van der Waals surface area contributed by atoms with E-state index in [9.17, 15) is 9.90 Å². The van der Waals surface area contributed by atoms with E-state index in [1.165, 1.54) is 0 Å². The summed E-state index contributed by atoms with van der Waals surface area (Å²) < 4.78 is 2.14. The van der Waals surface area contributed by atoms with E-state index in [-0.39, 0.29) is 5.54 Å². The summed E-state index contributed by atoms with van der Waals surface area (Å²) in [5.74, 6) is -0.00629. The van der Waals surface area contributed by atoms with Gasteiger partial charge >= 0.3 is 5.97 Å². The van der Waals surface area contributed by atoms with Crippen LogP contribution in [-0.2, 0) is 5.54 Å². The Bertz CT molecular complexity index is 631. The number of fused-ring (bicyclic) bond motifs is 1. The third kappa shape index (κ3) is 1.99. The molecule has 0 saturated carbocycles. The third-order valence-electron chi connectivity index (χ3n) is 4.52. The number of carbonyl (C=O) groups is 1. The number of para-hydroxylation sites is 1. The first-order valence-electron chi connectivity index (χ1n) is 7.22. The predicted octanol–water partition coefficient (Wildman–Crippen LogP) is 3.97. The number of rotatable bonds is 5. The first kappa shape index (κ1) is 14.6. The molecule has 1 heterocycles. The summed E-state index contributed by atoms with van der Waals surface area (Å²) in [6.07, 6.45) is 2.88. The number of hydrogen-bond acceptors (Lipinski definition) is 2. The van der Waals surface area contributed by atoms with Crippen molar-refractivity contribution in [3.8, 4) is 0 Å². The molecule has 0 spiro atoms. The molecular formula is C16H22N2O2. The molecule has 0 radical (unpaired) electrons. The van der Waals surface area contributed by atoms with Crippen molar-refractivity contribution < 1.29 is 9.90 Å². The number of nitrogens with zero attached hydrogens (tertiary/aromatic N) is 2. The highest BCUT2D eigenvalue weighted by Gasteiger charge is 2.31. The number of aromatic carboxylic acids is 1. The minimum Gasteiger partial charge on any atom is -0.478 e. The largest absolute Gasteiger partial charge is 0.478 e. The Kier molecular flexibility index (Phi) is 3.84. The molecule has 1 aromatic heterocycles. The number of carboxylic acids is 1. The number of carboxylic acid groups (broad SMARTS) is 1. The minimum absolute atomic E-state index is 0.0651. The smallest absolute Gasteiger partial charge is 0.337 e. The van der Waals surface area contributed by atoms with Crippen LogP contribution in [0.1, 0.15) is 56.2 Å². The van der Waals surface area contributed by atoms with Crippen molar-refractivity contribution in [2.75, 3.05) is 0 Å². The fourth-order valence-corrected chi connectivity index (χ4v) is 3.22. The highest BCUT2D eigenvalue weighted by Crippen LogP contribution is 2.35. The van der Waals surface area contributed by atoms with E-state index < -0.39 is 5.97 Å². The maximum Gasteiger partial charge on any atom is 0.337 e. The predicted molar refractivity (Wildman–Crippen MR) is 80.3 cm³/mol. The van der Waals surface area contributed by atoms with Crippen LogP contribution in [0.15, 0.2) is 18.2 Å². The molecule has 108 valence electrons. The van der Waals surface area contributed by atoms with Crippen molar-refractivity contribution in [1.29, 1.82) is 0 Å². The van der Waals surface area contributed by atoms with Crippen LogP contribution >= 0.6 is 0 Å². The molecule has 0 bridgehead atoms. The molecule has 2 rings (SSSR count). The van der Waals surface area contributed by atoms with E-state index in [2.05, 4.69) is 30.3 Å². The molecule has 0 saturated heterocycles. The molecule has 20 heavy (non-hydrogen) atoms. The van der Waals surface area contributed by atoms with Gasteiger partial charge in [-0.25, -0.2) is 9.78 Å². The number of hydrogen-bond donors (Lipinski definition) is 1. The Morgan fingerprint density at radius 2 is 1.85 bits per heavy atom. The van der Waals surface area contributed by atoms with Crippen molar-refractivity contribution in [3.05, 3.63) is 29.6 Å². The monoisotopic (exact) mass is 274 g/mol. The normalized spacial score (nSPS) is 12.0. The van der Waals surface area contributed by atoms with E-state index in [0.717, 1.165) is 36.1 Å².